The molecular weight excluding hydrogens is 292 g/mol. The second kappa shape index (κ2) is 5.41. The van der Waals surface area contributed by atoms with E-state index in [-0.39, 0.29) is 6.04 Å². The van der Waals surface area contributed by atoms with E-state index in [1.165, 1.54) is 18.4 Å². The van der Waals surface area contributed by atoms with Gasteiger partial charge in [0.1, 0.15) is 12.6 Å². The maximum Gasteiger partial charge on any atom is 0.188 e. The molecule has 2 aliphatic rings. The Hall–Kier alpha value is -0.870. The van der Waals surface area contributed by atoms with Crippen molar-refractivity contribution in [2.45, 2.75) is 18.9 Å². The Balaban J connectivity index is 1.74. The van der Waals surface area contributed by atoms with Gasteiger partial charge in [0.15, 0.2) is 5.90 Å². The van der Waals surface area contributed by atoms with Crippen LogP contribution in [0.5, 0.6) is 0 Å². The number of aliphatic imine (C=N–C) groups is 1. The van der Waals surface area contributed by atoms with Gasteiger partial charge in [-0.05, 0) is 37.1 Å². The third-order valence-electron chi connectivity index (χ3n) is 3.55. The summed E-state index contributed by atoms with van der Waals surface area (Å²) in [5.74, 6) is 1.42. The molecule has 0 spiro atoms. The van der Waals surface area contributed by atoms with Crippen LogP contribution < -0.4 is 5.32 Å². The predicted molar refractivity (Wildman–Crippen MR) is 75.9 cm³/mol. The van der Waals surface area contributed by atoms with E-state index in [1.54, 1.807) is 0 Å². The van der Waals surface area contributed by atoms with E-state index < -0.39 is 0 Å². The lowest BCUT2D eigenvalue weighted by Crippen LogP contribution is -2.34. The molecule has 2 aliphatic heterocycles. The number of ether oxygens (including phenoxy) is 1. The molecule has 2 unspecified atom stereocenters. The summed E-state index contributed by atoms with van der Waals surface area (Å²) >= 11 is 3.50. The van der Waals surface area contributed by atoms with E-state index in [0.29, 0.717) is 12.5 Å². The first-order valence-corrected chi connectivity index (χ1v) is 7.29. The van der Waals surface area contributed by atoms with E-state index in [1.807, 2.05) is 6.07 Å². The van der Waals surface area contributed by atoms with Crippen LogP contribution in [0.25, 0.3) is 0 Å². The maximum absolute atomic E-state index is 5.79. The van der Waals surface area contributed by atoms with Crippen molar-refractivity contribution in [2.75, 3.05) is 19.7 Å². The maximum atomic E-state index is 5.79. The average Bonchev–Trinajstić information content (AvgIpc) is 2.89. The van der Waals surface area contributed by atoms with E-state index in [9.17, 15) is 0 Å². The van der Waals surface area contributed by atoms with E-state index in [4.69, 9.17) is 9.73 Å². The Bertz CT molecular complexity index is 455. The highest BCUT2D eigenvalue weighted by Crippen LogP contribution is 2.28. The number of hydrogen-bond acceptors (Lipinski definition) is 3. The number of benzene rings is 1. The van der Waals surface area contributed by atoms with Crippen LogP contribution >= 0.6 is 15.9 Å². The summed E-state index contributed by atoms with van der Waals surface area (Å²) in [6, 6.07) is 8.49. The lowest BCUT2D eigenvalue weighted by atomic mass is 9.99. The predicted octanol–water partition coefficient (Wildman–Crippen LogP) is 2.92. The lowest BCUT2D eigenvalue weighted by molar-refractivity contribution is 0.286. The first-order valence-electron chi connectivity index (χ1n) is 6.49. The Labute approximate surface area is 116 Å². The fraction of sp³-hybridized carbons (Fsp3) is 0.500. The molecule has 4 heteroatoms. The monoisotopic (exact) mass is 308 g/mol. The number of hydrogen-bond donors (Lipinski definition) is 1. The molecule has 0 aliphatic carbocycles. The number of nitrogens with zero attached hydrogens (tertiary/aromatic N) is 1. The van der Waals surface area contributed by atoms with Crippen LogP contribution in [-0.2, 0) is 4.74 Å². The molecule has 1 aromatic carbocycles. The molecular formula is C14H17BrN2O. The molecule has 18 heavy (non-hydrogen) atoms. The first kappa shape index (κ1) is 12.2. The normalized spacial score (nSPS) is 27.7. The highest BCUT2D eigenvalue weighted by Gasteiger charge is 2.27. The standard InChI is InChI=1S/C14H17BrN2O/c15-12-5-1-3-10(7-12)13-9-18-14(17-13)11-4-2-6-16-8-11/h1,3,5,7,11,13,16H,2,4,6,8-9H2. The highest BCUT2D eigenvalue weighted by atomic mass is 79.9. The molecule has 96 valence electrons. The van der Waals surface area contributed by atoms with Gasteiger partial charge in [-0.25, -0.2) is 4.99 Å². The van der Waals surface area contributed by atoms with Gasteiger partial charge in [-0.15, -0.1) is 0 Å². The Morgan fingerprint density at radius 1 is 1.39 bits per heavy atom. The van der Waals surface area contributed by atoms with Gasteiger partial charge in [-0.2, -0.15) is 0 Å². The number of nitrogens with one attached hydrogen (secondary N) is 1. The summed E-state index contributed by atoms with van der Waals surface area (Å²) in [4.78, 5) is 4.76. The van der Waals surface area contributed by atoms with Gasteiger partial charge in [0.2, 0.25) is 0 Å². The van der Waals surface area contributed by atoms with Gasteiger partial charge >= 0.3 is 0 Å². The molecule has 3 nitrogen and oxygen atoms in total. The SMILES string of the molecule is Brc1cccc(C2COC(C3CCCNC3)=N2)c1. The zero-order valence-corrected chi connectivity index (χ0v) is 11.8. The van der Waals surface area contributed by atoms with Crippen molar-refractivity contribution >= 4 is 21.8 Å². The number of rotatable bonds is 2. The molecule has 1 N–H and O–H groups in total. The average molecular weight is 309 g/mol. The van der Waals surface area contributed by atoms with E-state index in [0.717, 1.165) is 23.5 Å². The van der Waals surface area contributed by atoms with Crippen molar-refractivity contribution in [3.63, 3.8) is 0 Å². The minimum Gasteiger partial charge on any atom is -0.478 e. The summed E-state index contributed by atoms with van der Waals surface area (Å²) in [5, 5.41) is 3.41. The van der Waals surface area contributed by atoms with Crippen molar-refractivity contribution in [2.24, 2.45) is 10.9 Å². The van der Waals surface area contributed by atoms with Crippen molar-refractivity contribution in [1.29, 1.82) is 0 Å². The van der Waals surface area contributed by atoms with Gasteiger partial charge in [-0.3, -0.25) is 0 Å². The molecule has 0 bridgehead atoms. The third kappa shape index (κ3) is 2.59. The molecule has 0 amide bonds. The van der Waals surface area contributed by atoms with Crippen LogP contribution in [-0.4, -0.2) is 25.6 Å². The number of piperidine rings is 1. The summed E-state index contributed by atoms with van der Waals surface area (Å²) < 4.78 is 6.89. The van der Waals surface area contributed by atoms with Crippen LogP contribution in [0.3, 0.4) is 0 Å². The van der Waals surface area contributed by atoms with Gasteiger partial charge in [0.05, 0.1) is 0 Å². The Kier molecular flexibility index (Phi) is 3.66. The largest absolute Gasteiger partial charge is 0.478 e. The first-order chi connectivity index (χ1) is 8.83. The van der Waals surface area contributed by atoms with E-state index >= 15 is 0 Å². The summed E-state index contributed by atoms with van der Waals surface area (Å²) in [7, 11) is 0. The summed E-state index contributed by atoms with van der Waals surface area (Å²) in [6.45, 7) is 2.81. The fourth-order valence-electron chi connectivity index (χ4n) is 2.56. The van der Waals surface area contributed by atoms with Gasteiger partial charge in [0.25, 0.3) is 0 Å². The zero-order chi connectivity index (χ0) is 12.4. The smallest absolute Gasteiger partial charge is 0.188 e. The lowest BCUT2D eigenvalue weighted by Gasteiger charge is -2.21. The highest BCUT2D eigenvalue weighted by molar-refractivity contribution is 9.10. The minimum absolute atomic E-state index is 0.166. The number of halogens is 1. The van der Waals surface area contributed by atoms with Crippen molar-refractivity contribution in [3.8, 4) is 0 Å². The topological polar surface area (TPSA) is 33.6 Å². The van der Waals surface area contributed by atoms with Crippen LogP contribution in [0.2, 0.25) is 0 Å². The van der Waals surface area contributed by atoms with Crippen molar-refractivity contribution in [3.05, 3.63) is 34.3 Å². The minimum atomic E-state index is 0.166. The molecule has 0 saturated carbocycles. The van der Waals surface area contributed by atoms with Gasteiger partial charge < -0.3 is 10.1 Å². The zero-order valence-electron chi connectivity index (χ0n) is 10.2. The van der Waals surface area contributed by atoms with Crippen LogP contribution in [0.4, 0.5) is 0 Å². The molecule has 1 saturated heterocycles. The second-order valence-corrected chi connectivity index (χ2v) is 5.81. The van der Waals surface area contributed by atoms with Crippen LogP contribution in [0.1, 0.15) is 24.4 Å². The Morgan fingerprint density at radius 2 is 2.33 bits per heavy atom. The molecule has 2 heterocycles. The van der Waals surface area contributed by atoms with Gasteiger partial charge in [-0.1, -0.05) is 28.1 Å². The van der Waals surface area contributed by atoms with Crippen molar-refractivity contribution < 1.29 is 4.74 Å². The molecule has 1 fully saturated rings. The van der Waals surface area contributed by atoms with Gasteiger partial charge in [0, 0.05) is 16.9 Å². The molecule has 0 radical (unpaired) electrons. The molecule has 1 aromatic rings. The fourth-order valence-corrected chi connectivity index (χ4v) is 2.98. The Morgan fingerprint density at radius 3 is 3.11 bits per heavy atom. The molecule has 3 rings (SSSR count). The molecule has 0 aromatic heterocycles. The summed E-state index contributed by atoms with van der Waals surface area (Å²) in [5.41, 5.74) is 1.23. The molecule has 2 atom stereocenters. The van der Waals surface area contributed by atoms with E-state index in [2.05, 4.69) is 39.4 Å². The second-order valence-electron chi connectivity index (χ2n) is 4.89. The summed E-state index contributed by atoms with van der Waals surface area (Å²) in [6.07, 6.45) is 2.41. The van der Waals surface area contributed by atoms with Crippen LogP contribution in [0.15, 0.2) is 33.7 Å². The third-order valence-corrected chi connectivity index (χ3v) is 4.04. The van der Waals surface area contributed by atoms with Crippen molar-refractivity contribution in [1.82, 2.24) is 5.32 Å². The van der Waals surface area contributed by atoms with Crippen LogP contribution in [0, 0.1) is 5.92 Å². The quantitative estimate of drug-likeness (QED) is 0.911.